The third-order valence-corrected chi connectivity index (χ3v) is 8.12. The average molecular weight is 430 g/mol. The molecule has 1 amide bonds. The lowest BCUT2D eigenvalue weighted by atomic mass is 10.0. The molecule has 0 bridgehead atoms. The fourth-order valence-electron chi connectivity index (χ4n) is 3.19. The van der Waals surface area contributed by atoms with Gasteiger partial charge in [-0.3, -0.25) is 9.00 Å². The van der Waals surface area contributed by atoms with Gasteiger partial charge in [0, 0.05) is 32.4 Å². The number of alkyl halides is 2. The first-order valence-corrected chi connectivity index (χ1v) is 12.0. The Morgan fingerprint density at radius 2 is 2.04 bits per heavy atom. The van der Waals surface area contributed by atoms with Crippen LogP contribution in [0.25, 0.3) is 0 Å². The van der Waals surface area contributed by atoms with E-state index in [4.69, 9.17) is 0 Å². The van der Waals surface area contributed by atoms with Crippen LogP contribution in [0, 0.1) is 0 Å². The van der Waals surface area contributed by atoms with Crippen molar-refractivity contribution in [1.29, 1.82) is 0 Å². The SMILES string of the molecule is O=C(Nc1cccc(CS(=O)C2CCCCC2)c1)c1sccc1SC(F)F. The van der Waals surface area contributed by atoms with Crippen LogP contribution >= 0.6 is 23.1 Å². The van der Waals surface area contributed by atoms with Gasteiger partial charge in [-0.2, -0.15) is 8.78 Å². The lowest BCUT2D eigenvalue weighted by Crippen LogP contribution is -2.19. The predicted octanol–water partition coefficient (Wildman–Crippen LogP) is 5.90. The third kappa shape index (κ3) is 5.86. The highest BCUT2D eigenvalue weighted by Crippen LogP contribution is 2.32. The molecule has 1 aromatic carbocycles. The van der Waals surface area contributed by atoms with E-state index in [2.05, 4.69) is 5.32 Å². The molecule has 27 heavy (non-hydrogen) atoms. The number of halogens is 2. The van der Waals surface area contributed by atoms with Crippen molar-refractivity contribution in [2.24, 2.45) is 0 Å². The predicted molar refractivity (Wildman–Crippen MR) is 109 cm³/mol. The number of carbonyl (C=O) groups is 1. The van der Waals surface area contributed by atoms with Gasteiger partial charge in [0.05, 0.1) is 0 Å². The van der Waals surface area contributed by atoms with E-state index in [0.717, 1.165) is 42.6 Å². The number of amides is 1. The highest BCUT2D eigenvalue weighted by atomic mass is 32.2. The number of rotatable bonds is 7. The van der Waals surface area contributed by atoms with E-state index in [9.17, 15) is 17.8 Å². The van der Waals surface area contributed by atoms with Crippen molar-refractivity contribution in [3.8, 4) is 0 Å². The lowest BCUT2D eigenvalue weighted by molar-refractivity contribution is 0.102. The summed E-state index contributed by atoms with van der Waals surface area (Å²) in [6.07, 6.45) is 5.56. The maximum atomic E-state index is 12.6. The fraction of sp³-hybridized carbons (Fsp3) is 0.421. The number of nitrogens with one attached hydrogen (secondary N) is 1. The number of thiophene rings is 1. The molecule has 0 aliphatic heterocycles. The fourth-order valence-corrected chi connectivity index (χ4v) is 6.39. The molecule has 1 unspecified atom stereocenters. The Morgan fingerprint density at radius 3 is 2.78 bits per heavy atom. The van der Waals surface area contributed by atoms with E-state index in [-0.39, 0.29) is 15.0 Å². The first-order chi connectivity index (χ1) is 13.0. The highest BCUT2D eigenvalue weighted by molar-refractivity contribution is 7.99. The summed E-state index contributed by atoms with van der Waals surface area (Å²) < 4.78 is 37.8. The summed E-state index contributed by atoms with van der Waals surface area (Å²) in [5, 5.41) is 4.65. The topological polar surface area (TPSA) is 46.2 Å². The normalized spacial score (nSPS) is 16.4. The minimum atomic E-state index is -2.57. The molecule has 8 heteroatoms. The van der Waals surface area contributed by atoms with Gasteiger partial charge in [0.25, 0.3) is 11.7 Å². The van der Waals surface area contributed by atoms with Gasteiger partial charge in [-0.05, 0) is 42.0 Å². The van der Waals surface area contributed by atoms with Crippen molar-refractivity contribution in [2.45, 2.75) is 53.8 Å². The summed E-state index contributed by atoms with van der Waals surface area (Å²) in [6, 6.07) is 8.80. The summed E-state index contributed by atoms with van der Waals surface area (Å²) in [4.78, 5) is 13.0. The van der Waals surface area contributed by atoms with Gasteiger partial charge in [0.15, 0.2) is 0 Å². The zero-order valence-electron chi connectivity index (χ0n) is 14.7. The van der Waals surface area contributed by atoms with Crippen molar-refractivity contribution in [2.75, 3.05) is 5.32 Å². The number of benzene rings is 1. The molecule has 1 aliphatic rings. The Kier molecular flexibility index (Phi) is 7.43. The molecule has 0 saturated heterocycles. The monoisotopic (exact) mass is 429 g/mol. The van der Waals surface area contributed by atoms with E-state index in [1.165, 1.54) is 12.5 Å². The molecule has 1 fully saturated rings. The standard InChI is InChI=1S/C19H21F2NO2S3/c20-19(21)26-16-9-10-25-17(16)18(23)22-14-6-4-5-13(11-14)12-27(24)15-7-2-1-3-8-15/h4-6,9-11,15,19H,1-3,7-8,12H2,(H,22,23). The molecule has 1 aromatic heterocycles. The Labute approximate surface area is 168 Å². The van der Waals surface area contributed by atoms with Gasteiger partial charge in [-0.1, -0.05) is 43.2 Å². The van der Waals surface area contributed by atoms with Gasteiger partial charge in [-0.25, -0.2) is 0 Å². The summed E-state index contributed by atoms with van der Waals surface area (Å²) in [5.74, 6) is -2.50. The molecule has 3 rings (SSSR count). The minimum absolute atomic E-state index is 0.261. The van der Waals surface area contributed by atoms with Crippen LogP contribution in [0.5, 0.6) is 0 Å². The molecule has 1 aliphatic carbocycles. The number of carbonyl (C=O) groups excluding carboxylic acids is 1. The van der Waals surface area contributed by atoms with E-state index in [0.29, 0.717) is 23.2 Å². The van der Waals surface area contributed by atoms with E-state index in [1.54, 1.807) is 11.4 Å². The minimum Gasteiger partial charge on any atom is -0.321 e. The molecule has 1 saturated carbocycles. The summed E-state index contributed by atoms with van der Waals surface area (Å²) in [6.45, 7) is 0. The molecular formula is C19H21F2NO2S3. The Morgan fingerprint density at radius 1 is 1.26 bits per heavy atom. The smallest absolute Gasteiger partial charge is 0.288 e. The van der Waals surface area contributed by atoms with Crippen LogP contribution in [-0.4, -0.2) is 21.1 Å². The van der Waals surface area contributed by atoms with E-state index in [1.807, 2.05) is 18.2 Å². The van der Waals surface area contributed by atoms with Crippen LogP contribution in [-0.2, 0) is 16.6 Å². The molecule has 3 nitrogen and oxygen atoms in total. The molecule has 146 valence electrons. The summed E-state index contributed by atoms with van der Waals surface area (Å²) in [7, 11) is -0.916. The van der Waals surface area contributed by atoms with Crippen molar-refractivity contribution in [3.63, 3.8) is 0 Å². The van der Waals surface area contributed by atoms with Gasteiger partial charge in [0.2, 0.25) is 0 Å². The van der Waals surface area contributed by atoms with Crippen LogP contribution < -0.4 is 5.32 Å². The quantitative estimate of drug-likeness (QED) is 0.558. The zero-order valence-corrected chi connectivity index (χ0v) is 17.1. The van der Waals surface area contributed by atoms with Crippen molar-refractivity contribution in [3.05, 3.63) is 46.2 Å². The van der Waals surface area contributed by atoms with E-state index < -0.39 is 22.5 Å². The second kappa shape index (κ2) is 9.80. The zero-order chi connectivity index (χ0) is 19.2. The average Bonchev–Trinajstić information content (AvgIpc) is 3.10. The summed E-state index contributed by atoms with van der Waals surface area (Å²) >= 11 is 1.51. The van der Waals surface area contributed by atoms with Crippen molar-refractivity contribution < 1.29 is 17.8 Å². The van der Waals surface area contributed by atoms with Gasteiger partial charge in [-0.15, -0.1) is 11.3 Å². The van der Waals surface area contributed by atoms with E-state index >= 15 is 0 Å². The molecule has 0 radical (unpaired) electrons. The number of anilines is 1. The molecule has 1 N–H and O–H groups in total. The summed E-state index contributed by atoms with van der Waals surface area (Å²) in [5.41, 5.74) is 1.49. The van der Waals surface area contributed by atoms with Crippen LogP contribution in [0.1, 0.15) is 47.3 Å². The van der Waals surface area contributed by atoms with Gasteiger partial charge in [0.1, 0.15) is 4.88 Å². The first-order valence-electron chi connectivity index (χ1n) is 8.82. The molecule has 2 aromatic rings. The van der Waals surface area contributed by atoms with Crippen LogP contribution in [0.15, 0.2) is 40.6 Å². The van der Waals surface area contributed by atoms with Crippen LogP contribution in [0.4, 0.5) is 14.5 Å². The van der Waals surface area contributed by atoms with Crippen molar-refractivity contribution >= 4 is 45.5 Å². The first kappa shape index (κ1) is 20.5. The van der Waals surface area contributed by atoms with Crippen molar-refractivity contribution in [1.82, 2.24) is 0 Å². The van der Waals surface area contributed by atoms with Crippen LogP contribution in [0.2, 0.25) is 0 Å². The van der Waals surface area contributed by atoms with Crippen LogP contribution in [0.3, 0.4) is 0 Å². The molecule has 1 heterocycles. The highest BCUT2D eigenvalue weighted by Gasteiger charge is 2.20. The Bertz CT molecular complexity index is 804. The maximum absolute atomic E-state index is 12.6. The molecule has 0 spiro atoms. The maximum Gasteiger partial charge on any atom is 0.288 e. The number of hydrogen-bond acceptors (Lipinski definition) is 4. The van der Waals surface area contributed by atoms with Gasteiger partial charge >= 0.3 is 0 Å². The largest absolute Gasteiger partial charge is 0.321 e. The Balaban J connectivity index is 1.64. The second-order valence-corrected chi connectivity index (χ2v) is 10.1. The number of thioether (sulfide) groups is 1. The van der Waals surface area contributed by atoms with Gasteiger partial charge < -0.3 is 5.32 Å². The molecule has 1 atom stereocenters. The Hall–Kier alpha value is -1.25. The molecular weight excluding hydrogens is 408 g/mol. The second-order valence-electron chi connectivity index (χ2n) is 6.43. The lowest BCUT2D eigenvalue weighted by Gasteiger charge is -2.21. The number of hydrogen-bond donors (Lipinski definition) is 1. The third-order valence-electron chi connectivity index (χ3n) is 4.47.